The van der Waals surface area contributed by atoms with Gasteiger partial charge in [-0.2, -0.15) is 0 Å². The quantitative estimate of drug-likeness (QED) is 0.768. The van der Waals surface area contributed by atoms with Gasteiger partial charge in [0, 0.05) is 12.7 Å². The van der Waals surface area contributed by atoms with E-state index in [1.807, 2.05) is 6.07 Å². The average Bonchev–Trinajstić information content (AvgIpc) is 2.90. The third-order valence-corrected chi connectivity index (χ3v) is 3.00. The predicted molar refractivity (Wildman–Crippen MR) is 73.7 cm³/mol. The van der Waals surface area contributed by atoms with Crippen molar-refractivity contribution in [2.45, 2.75) is 6.54 Å². The number of pyridine rings is 1. The van der Waals surface area contributed by atoms with Crippen molar-refractivity contribution in [3.8, 4) is 0 Å². The van der Waals surface area contributed by atoms with Crippen LogP contribution in [0.1, 0.15) is 16.1 Å². The molecule has 3 rings (SSSR count). The number of carbonyl (C=O) groups is 1. The smallest absolute Gasteiger partial charge is 0.268 e. The van der Waals surface area contributed by atoms with E-state index < -0.39 is 0 Å². The zero-order chi connectivity index (χ0) is 13.9. The van der Waals surface area contributed by atoms with Gasteiger partial charge in [-0.3, -0.25) is 9.78 Å². The van der Waals surface area contributed by atoms with Gasteiger partial charge >= 0.3 is 0 Å². The predicted octanol–water partition coefficient (Wildman–Crippen LogP) is 2.63. The second-order valence-electron chi connectivity index (χ2n) is 4.43. The average molecular weight is 269 g/mol. The van der Waals surface area contributed by atoms with Gasteiger partial charge < -0.3 is 10.3 Å². The number of carbonyl (C=O) groups excluding carboxylic acids is 1. The van der Waals surface area contributed by atoms with Crippen LogP contribution < -0.4 is 5.32 Å². The second kappa shape index (κ2) is 5.13. The minimum absolute atomic E-state index is 0.215. The van der Waals surface area contributed by atoms with Crippen LogP contribution in [-0.2, 0) is 6.54 Å². The van der Waals surface area contributed by atoms with Crippen molar-refractivity contribution in [3.63, 3.8) is 0 Å². The first kappa shape index (κ1) is 12.3. The number of nitrogens with one attached hydrogen (secondary N) is 2. The zero-order valence-corrected chi connectivity index (χ0v) is 10.6. The molecule has 0 saturated carbocycles. The van der Waals surface area contributed by atoms with Gasteiger partial charge in [-0.1, -0.05) is 12.1 Å². The van der Waals surface area contributed by atoms with Gasteiger partial charge in [0.25, 0.3) is 5.91 Å². The van der Waals surface area contributed by atoms with E-state index in [1.54, 1.807) is 30.5 Å². The van der Waals surface area contributed by atoms with Gasteiger partial charge in [0.05, 0.1) is 11.0 Å². The molecule has 0 spiro atoms. The van der Waals surface area contributed by atoms with E-state index in [1.165, 1.54) is 12.1 Å². The van der Waals surface area contributed by atoms with Crippen LogP contribution in [-0.4, -0.2) is 15.9 Å². The maximum absolute atomic E-state index is 12.8. The Morgan fingerprint density at radius 1 is 1.25 bits per heavy atom. The summed E-state index contributed by atoms with van der Waals surface area (Å²) >= 11 is 0. The first-order chi connectivity index (χ1) is 9.72. The lowest BCUT2D eigenvalue weighted by Gasteiger charge is -2.03. The number of benzene rings is 1. The molecular weight excluding hydrogens is 257 g/mol. The molecule has 2 heterocycles. The molecule has 0 atom stereocenters. The summed E-state index contributed by atoms with van der Waals surface area (Å²) in [5, 5.41) is 2.78. The minimum Gasteiger partial charge on any atom is -0.349 e. The van der Waals surface area contributed by atoms with Crippen molar-refractivity contribution >= 4 is 16.9 Å². The van der Waals surface area contributed by atoms with Gasteiger partial charge in [-0.25, -0.2) is 4.39 Å². The number of H-pyrrole nitrogens is 1. The van der Waals surface area contributed by atoms with E-state index in [0.717, 1.165) is 16.6 Å². The molecule has 1 aromatic carbocycles. The number of aromatic nitrogens is 2. The molecule has 0 aliphatic heterocycles. The van der Waals surface area contributed by atoms with Crippen molar-refractivity contribution < 1.29 is 9.18 Å². The number of nitrogens with zero attached hydrogens (tertiary/aromatic N) is 1. The Labute approximate surface area is 114 Å². The van der Waals surface area contributed by atoms with E-state index in [2.05, 4.69) is 15.3 Å². The number of hydrogen-bond acceptors (Lipinski definition) is 2. The van der Waals surface area contributed by atoms with Crippen LogP contribution in [0.3, 0.4) is 0 Å². The molecule has 100 valence electrons. The highest BCUT2D eigenvalue weighted by Crippen LogP contribution is 2.12. The highest BCUT2D eigenvalue weighted by atomic mass is 19.1. The lowest BCUT2D eigenvalue weighted by molar-refractivity contribution is 0.0947. The van der Waals surface area contributed by atoms with Gasteiger partial charge in [-0.05, 0) is 35.9 Å². The fraction of sp³-hybridized carbons (Fsp3) is 0.0667. The molecule has 0 aliphatic rings. The van der Waals surface area contributed by atoms with Crippen molar-refractivity contribution in [1.29, 1.82) is 0 Å². The second-order valence-corrected chi connectivity index (χ2v) is 4.43. The van der Waals surface area contributed by atoms with Gasteiger partial charge in [0.2, 0.25) is 0 Å². The zero-order valence-electron chi connectivity index (χ0n) is 10.6. The van der Waals surface area contributed by atoms with E-state index >= 15 is 0 Å². The highest BCUT2D eigenvalue weighted by Gasteiger charge is 2.09. The highest BCUT2D eigenvalue weighted by molar-refractivity contribution is 5.96. The third-order valence-electron chi connectivity index (χ3n) is 3.00. The Kier molecular flexibility index (Phi) is 3.16. The topological polar surface area (TPSA) is 57.8 Å². The lowest BCUT2D eigenvalue weighted by atomic mass is 10.2. The summed E-state index contributed by atoms with van der Waals surface area (Å²) in [6.07, 6.45) is 1.68. The molecule has 0 bridgehead atoms. The maximum atomic E-state index is 12.8. The molecule has 4 nitrogen and oxygen atoms in total. The summed E-state index contributed by atoms with van der Waals surface area (Å²) in [7, 11) is 0. The van der Waals surface area contributed by atoms with Crippen molar-refractivity contribution in [1.82, 2.24) is 15.3 Å². The first-order valence-corrected chi connectivity index (χ1v) is 6.19. The van der Waals surface area contributed by atoms with Crippen LogP contribution in [0, 0.1) is 5.82 Å². The normalized spacial score (nSPS) is 10.7. The molecule has 3 aromatic rings. The summed E-state index contributed by atoms with van der Waals surface area (Å²) < 4.78 is 12.8. The van der Waals surface area contributed by atoms with Gasteiger partial charge in [0.1, 0.15) is 11.5 Å². The third kappa shape index (κ3) is 2.51. The maximum Gasteiger partial charge on any atom is 0.268 e. The Morgan fingerprint density at radius 2 is 2.05 bits per heavy atom. The van der Waals surface area contributed by atoms with Gasteiger partial charge in [0.15, 0.2) is 0 Å². The molecule has 0 unspecified atom stereocenters. The fourth-order valence-corrected chi connectivity index (χ4v) is 1.96. The van der Waals surface area contributed by atoms with Crippen LogP contribution in [0.25, 0.3) is 11.0 Å². The van der Waals surface area contributed by atoms with E-state index in [4.69, 9.17) is 0 Å². The number of amides is 1. The molecule has 0 aliphatic carbocycles. The van der Waals surface area contributed by atoms with Crippen molar-refractivity contribution in [3.05, 3.63) is 65.7 Å². The fourth-order valence-electron chi connectivity index (χ4n) is 1.96. The largest absolute Gasteiger partial charge is 0.349 e. The van der Waals surface area contributed by atoms with Crippen molar-refractivity contribution in [2.24, 2.45) is 0 Å². The molecule has 20 heavy (non-hydrogen) atoms. The number of hydrogen-bond donors (Lipinski definition) is 2. The summed E-state index contributed by atoms with van der Waals surface area (Å²) in [4.78, 5) is 19.2. The molecule has 0 fully saturated rings. The lowest BCUT2D eigenvalue weighted by Crippen LogP contribution is -2.23. The Hall–Kier alpha value is -2.69. The Morgan fingerprint density at radius 3 is 2.80 bits per heavy atom. The van der Waals surface area contributed by atoms with Crippen molar-refractivity contribution in [2.75, 3.05) is 0 Å². The number of rotatable bonds is 3. The van der Waals surface area contributed by atoms with Crippen LogP contribution >= 0.6 is 0 Å². The van der Waals surface area contributed by atoms with E-state index in [-0.39, 0.29) is 11.7 Å². The van der Waals surface area contributed by atoms with Crippen LogP contribution in [0.5, 0.6) is 0 Å². The SMILES string of the molecule is O=C(NCc1ccc(F)cc1)c1cc2ncccc2[nH]1. The molecular formula is C15H12FN3O. The minimum atomic E-state index is -0.290. The Balaban J connectivity index is 1.71. The summed E-state index contributed by atoms with van der Waals surface area (Å²) in [6.45, 7) is 0.349. The summed E-state index contributed by atoms with van der Waals surface area (Å²) in [5.74, 6) is -0.505. The summed E-state index contributed by atoms with van der Waals surface area (Å²) in [6, 6.07) is 11.4. The summed E-state index contributed by atoms with van der Waals surface area (Å²) in [5.41, 5.74) is 2.87. The van der Waals surface area contributed by atoms with Crippen LogP contribution in [0.2, 0.25) is 0 Å². The molecule has 0 radical (unpaired) electrons. The van der Waals surface area contributed by atoms with E-state index in [9.17, 15) is 9.18 Å². The molecule has 2 aromatic heterocycles. The number of aromatic amines is 1. The molecule has 5 heteroatoms. The standard InChI is InChI=1S/C15H12FN3O/c16-11-5-3-10(4-6-11)9-18-15(20)14-8-13-12(19-14)2-1-7-17-13/h1-8,19H,9H2,(H,18,20). The van der Waals surface area contributed by atoms with Crippen LogP contribution in [0.4, 0.5) is 4.39 Å². The number of halogens is 1. The monoisotopic (exact) mass is 269 g/mol. The Bertz CT molecular complexity index is 716. The molecule has 0 saturated heterocycles. The van der Waals surface area contributed by atoms with Crippen LogP contribution in [0.15, 0.2) is 48.7 Å². The number of fused-ring (bicyclic) bond motifs is 1. The first-order valence-electron chi connectivity index (χ1n) is 6.19. The van der Waals surface area contributed by atoms with E-state index in [0.29, 0.717) is 12.2 Å². The van der Waals surface area contributed by atoms with Gasteiger partial charge in [-0.15, -0.1) is 0 Å². The molecule has 1 amide bonds. The molecule has 2 N–H and O–H groups in total.